The number of phenols is 1. The fourth-order valence-electron chi connectivity index (χ4n) is 2.67. The lowest BCUT2D eigenvalue weighted by molar-refractivity contribution is 0.172. The monoisotopic (exact) mass is 330 g/mol. The highest BCUT2D eigenvalue weighted by molar-refractivity contribution is 5.73. The fraction of sp³-hybridized carbons (Fsp3) is 0.412. The molecule has 1 aromatic heterocycles. The standard InChI is InChI=1S/C17H22N4O3/c22-14-4-1-3-13(9-14)15(23)10-18-16(24)19-11-17(5-6-17)12-21-8-2-7-20-21/h1-4,7-9,15,22-23H,5-6,10-12H2,(H2,18,19,24)/t15-/m1/s1. The van der Waals surface area contributed by atoms with Gasteiger partial charge in [0.15, 0.2) is 0 Å². The van der Waals surface area contributed by atoms with Gasteiger partial charge in [-0.3, -0.25) is 4.68 Å². The maximum Gasteiger partial charge on any atom is 0.314 e. The third-order valence-electron chi connectivity index (χ3n) is 4.35. The van der Waals surface area contributed by atoms with Crippen molar-refractivity contribution in [2.75, 3.05) is 13.1 Å². The van der Waals surface area contributed by atoms with Crippen molar-refractivity contribution in [3.63, 3.8) is 0 Å². The highest BCUT2D eigenvalue weighted by Crippen LogP contribution is 2.46. The minimum atomic E-state index is -0.859. The number of aliphatic hydroxyl groups is 1. The van der Waals surface area contributed by atoms with Gasteiger partial charge in [0.05, 0.1) is 6.10 Å². The lowest BCUT2D eigenvalue weighted by Gasteiger charge is -2.17. The number of nitrogens with zero attached hydrogens (tertiary/aromatic N) is 2. The number of aromatic nitrogens is 2. The highest BCUT2D eigenvalue weighted by Gasteiger charge is 2.43. The largest absolute Gasteiger partial charge is 0.508 e. The molecule has 1 fully saturated rings. The first kappa shape index (κ1) is 16.3. The van der Waals surface area contributed by atoms with Crippen LogP contribution in [0.2, 0.25) is 0 Å². The Balaban J connectivity index is 1.41. The summed E-state index contributed by atoms with van der Waals surface area (Å²) in [6.45, 7) is 1.47. The number of aliphatic hydroxyl groups excluding tert-OH is 1. The molecule has 1 aromatic carbocycles. The van der Waals surface area contributed by atoms with Crippen LogP contribution in [0.25, 0.3) is 0 Å². The molecule has 7 heteroatoms. The highest BCUT2D eigenvalue weighted by atomic mass is 16.3. The minimum absolute atomic E-state index is 0.0848. The molecule has 0 saturated heterocycles. The lowest BCUT2D eigenvalue weighted by atomic mass is 10.1. The second kappa shape index (κ2) is 6.92. The average molecular weight is 330 g/mol. The Kier molecular flexibility index (Phi) is 4.71. The van der Waals surface area contributed by atoms with E-state index in [1.54, 1.807) is 18.3 Å². The van der Waals surface area contributed by atoms with Gasteiger partial charge in [-0.15, -0.1) is 0 Å². The summed E-state index contributed by atoms with van der Waals surface area (Å²) < 4.78 is 1.89. The van der Waals surface area contributed by atoms with E-state index in [0.717, 1.165) is 19.4 Å². The normalized spacial score (nSPS) is 16.4. The van der Waals surface area contributed by atoms with E-state index in [0.29, 0.717) is 12.1 Å². The van der Waals surface area contributed by atoms with Crippen molar-refractivity contribution in [2.24, 2.45) is 5.41 Å². The number of rotatable bonds is 7. The van der Waals surface area contributed by atoms with Crippen LogP contribution in [0, 0.1) is 5.41 Å². The van der Waals surface area contributed by atoms with Crippen molar-refractivity contribution in [3.8, 4) is 5.75 Å². The maximum atomic E-state index is 11.9. The molecule has 1 aliphatic rings. The molecule has 2 amide bonds. The number of amides is 2. The Hall–Kier alpha value is -2.54. The number of phenolic OH excluding ortho intramolecular Hbond substituents is 1. The third-order valence-corrected chi connectivity index (χ3v) is 4.35. The topological polar surface area (TPSA) is 99.4 Å². The molecule has 7 nitrogen and oxygen atoms in total. The molecule has 1 heterocycles. The number of benzene rings is 1. The number of aromatic hydroxyl groups is 1. The summed E-state index contributed by atoms with van der Waals surface area (Å²) in [7, 11) is 0. The van der Waals surface area contributed by atoms with Gasteiger partial charge in [-0.1, -0.05) is 12.1 Å². The molecule has 0 spiro atoms. The number of carbonyl (C=O) groups excluding carboxylic acids is 1. The second-order valence-electron chi connectivity index (χ2n) is 6.38. The van der Waals surface area contributed by atoms with Crippen LogP contribution >= 0.6 is 0 Å². The van der Waals surface area contributed by atoms with Crippen molar-refractivity contribution in [1.29, 1.82) is 0 Å². The number of nitrogens with one attached hydrogen (secondary N) is 2. The Bertz CT molecular complexity index is 683. The van der Waals surface area contributed by atoms with E-state index < -0.39 is 6.10 Å². The second-order valence-corrected chi connectivity index (χ2v) is 6.38. The van der Waals surface area contributed by atoms with Crippen LogP contribution in [-0.4, -0.2) is 39.1 Å². The third kappa shape index (κ3) is 4.26. The molecule has 1 atom stereocenters. The molecular weight excluding hydrogens is 308 g/mol. The Morgan fingerprint density at radius 1 is 1.33 bits per heavy atom. The molecule has 1 saturated carbocycles. The first-order chi connectivity index (χ1) is 11.6. The summed E-state index contributed by atoms with van der Waals surface area (Å²) in [5.41, 5.74) is 0.653. The van der Waals surface area contributed by atoms with Crippen LogP contribution in [0.15, 0.2) is 42.7 Å². The van der Waals surface area contributed by atoms with E-state index in [1.807, 2.05) is 16.9 Å². The number of carbonyl (C=O) groups is 1. The van der Waals surface area contributed by atoms with Crippen LogP contribution < -0.4 is 10.6 Å². The van der Waals surface area contributed by atoms with Gasteiger partial charge in [-0.05, 0) is 36.6 Å². The van der Waals surface area contributed by atoms with Crippen molar-refractivity contribution in [3.05, 3.63) is 48.3 Å². The van der Waals surface area contributed by atoms with Crippen LogP contribution in [0.1, 0.15) is 24.5 Å². The predicted octanol–water partition coefficient (Wildman–Crippen LogP) is 1.40. The van der Waals surface area contributed by atoms with Gasteiger partial charge < -0.3 is 20.8 Å². The van der Waals surface area contributed by atoms with Crippen molar-refractivity contribution < 1.29 is 15.0 Å². The van der Waals surface area contributed by atoms with Crippen LogP contribution in [-0.2, 0) is 6.54 Å². The van der Waals surface area contributed by atoms with Gasteiger partial charge in [-0.25, -0.2) is 4.79 Å². The van der Waals surface area contributed by atoms with Crippen molar-refractivity contribution >= 4 is 6.03 Å². The van der Waals surface area contributed by atoms with E-state index in [-0.39, 0.29) is 23.7 Å². The molecular formula is C17H22N4O3. The van der Waals surface area contributed by atoms with Gasteiger partial charge in [-0.2, -0.15) is 5.10 Å². The Labute approximate surface area is 140 Å². The van der Waals surface area contributed by atoms with Crippen LogP contribution in [0.5, 0.6) is 5.75 Å². The summed E-state index contributed by atoms with van der Waals surface area (Å²) in [4.78, 5) is 11.9. The summed E-state index contributed by atoms with van der Waals surface area (Å²) in [6.07, 6.45) is 4.95. The summed E-state index contributed by atoms with van der Waals surface area (Å²) >= 11 is 0. The molecule has 0 radical (unpaired) electrons. The number of hydrogen-bond acceptors (Lipinski definition) is 4. The SMILES string of the molecule is O=C(NC[C@@H](O)c1cccc(O)c1)NCC1(Cn2cccn2)CC1. The zero-order chi connectivity index (χ0) is 17.0. The zero-order valence-corrected chi connectivity index (χ0v) is 13.4. The number of hydrogen-bond donors (Lipinski definition) is 4. The summed E-state index contributed by atoms with van der Waals surface area (Å²) in [6, 6.07) is 7.95. The predicted molar refractivity (Wildman–Crippen MR) is 88.4 cm³/mol. The van der Waals surface area contributed by atoms with E-state index in [4.69, 9.17) is 0 Å². The first-order valence-electron chi connectivity index (χ1n) is 8.02. The molecule has 1 aliphatic carbocycles. The molecule has 3 rings (SSSR count). The smallest absolute Gasteiger partial charge is 0.314 e. The van der Waals surface area contributed by atoms with E-state index in [9.17, 15) is 15.0 Å². The van der Waals surface area contributed by atoms with Gasteiger partial charge in [0.1, 0.15) is 5.75 Å². The van der Waals surface area contributed by atoms with Gasteiger partial charge in [0.25, 0.3) is 0 Å². The summed E-state index contributed by atoms with van der Waals surface area (Å²) in [5, 5.41) is 29.2. The zero-order valence-electron chi connectivity index (χ0n) is 13.4. The number of urea groups is 1. The maximum absolute atomic E-state index is 11.9. The van der Waals surface area contributed by atoms with Crippen molar-refractivity contribution in [2.45, 2.75) is 25.5 Å². The van der Waals surface area contributed by atoms with Crippen molar-refractivity contribution in [1.82, 2.24) is 20.4 Å². The van der Waals surface area contributed by atoms with E-state index in [1.165, 1.54) is 12.1 Å². The van der Waals surface area contributed by atoms with Crippen LogP contribution in [0.4, 0.5) is 4.79 Å². The van der Waals surface area contributed by atoms with E-state index in [2.05, 4.69) is 15.7 Å². The fourth-order valence-corrected chi connectivity index (χ4v) is 2.67. The first-order valence-corrected chi connectivity index (χ1v) is 8.02. The average Bonchev–Trinajstić information content (AvgIpc) is 3.14. The molecule has 24 heavy (non-hydrogen) atoms. The minimum Gasteiger partial charge on any atom is -0.508 e. The molecule has 0 unspecified atom stereocenters. The molecule has 2 aromatic rings. The molecule has 4 N–H and O–H groups in total. The molecule has 0 aliphatic heterocycles. The molecule has 0 bridgehead atoms. The lowest BCUT2D eigenvalue weighted by Crippen LogP contribution is -2.41. The van der Waals surface area contributed by atoms with Gasteiger partial charge >= 0.3 is 6.03 Å². The van der Waals surface area contributed by atoms with Gasteiger partial charge in [0.2, 0.25) is 0 Å². The van der Waals surface area contributed by atoms with Crippen LogP contribution in [0.3, 0.4) is 0 Å². The van der Waals surface area contributed by atoms with Gasteiger partial charge in [0, 0.05) is 37.4 Å². The Morgan fingerprint density at radius 2 is 2.17 bits per heavy atom. The quantitative estimate of drug-likeness (QED) is 0.617. The summed E-state index contributed by atoms with van der Waals surface area (Å²) in [5.74, 6) is 0.0882. The van der Waals surface area contributed by atoms with E-state index >= 15 is 0 Å². The molecule has 128 valence electrons. The Morgan fingerprint density at radius 3 is 2.83 bits per heavy atom.